The van der Waals surface area contributed by atoms with Gasteiger partial charge in [-0.05, 0) is 91.5 Å². The Morgan fingerprint density at radius 3 is 2.16 bits per heavy atom. The van der Waals surface area contributed by atoms with E-state index in [1.807, 2.05) is 31.2 Å². The lowest BCUT2D eigenvalue weighted by Crippen LogP contribution is -2.46. The number of amides is 3. The summed E-state index contributed by atoms with van der Waals surface area (Å²) in [5.41, 5.74) is 3.31. The Bertz CT molecular complexity index is 1720. The number of rotatable bonds is 8. The average molecular weight is 611 g/mol. The fourth-order valence-electron chi connectivity index (χ4n) is 7.40. The van der Waals surface area contributed by atoms with Crippen LogP contribution in [0.2, 0.25) is 0 Å². The maximum absolute atomic E-state index is 13.3. The van der Waals surface area contributed by atoms with E-state index in [1.165, 1.54) is 4.68 Å². The molecule has 2 aromatic carbocycles. The van der Waals surface area contributed by atoms with Crippen LogP contribution in [0.3, 0.4) is 0 Å². The Morgan fingerprint density at radius 2 is 1.64 bits per heavy atom. The van der Waals surface area contributed by atoms with E-state index in [4.69, 9.17) is 5.10 Å². The van der Waals surface area contributed by atoms with Crippen LogP contribution in [-0.4, -0.2) is 76.2 Å². The lowest BCUT2D eigenvalue weighted by atomic mass is 9.67. The van der Waals surface area contributed by atoms with Gasteiger partial charge in [-0.25, -0.2) is 9.48 Å². The van der Waals surface area contributed by atoms with E-state index < -0.39 is 5.41 Å². The predicted octanol–water partition coefficient (Wildman–Crippen LogP) is 1.14. The molecule has 1 saturated carbocycles. The molecule has 2 heterocycles. The summed E-state index contributed by atoms with van der Waals surface area (Å²) in [5.74, 6) is 0.360. The average Bonchev–Trinajstić information content (AvgIpc) is 3.62. The number of nitrogens with one attached hydrogen (secondary N) is 4. The third kappa shape index (κ3) is 5.21. The smallest absolute Gasteiger partial charge is 0.343 e. The van der Waals surface area contributed by atoms with Crippen LogP contribution in [0.1, 0.15) is 75.0 Å². The minimum Gasteiger partial charge on any atom is -0.355 e. The molecular weight excluding hydrogens is 572 g/mol. The molecule has 3 aliphatic rings. The van der Waals surface area contributed by atoms with Gasteiger partial charge in [-0.15, -0.1) is 0 Å². The fraction of sp³-hybridized carbons (Fsp3) is 0.455. The summed E-state index contributed by atoms with van der Waals surface area (Å²) in [4.78, 5) is 56.3. The van der Waals surface area contributed by atoms with Crippen molar-refractivity contribution in [3.63, 3.8) is 0 Å². The van der Waals surface area contributed by atoms with Crippen molar-refractivity contribution in [3.8, 4) is 6.07 Å². The summed E-state index contributed by atoms with van der Waals surface area (Å²) in [6.07, 6.45) is 3.29. The number of aryl methyl sites for hydroxylation is 3. The highest BCUT2D eigenvalue weighted by atomic mass is 16.2. The van der Waals surface area contributed by atoms with Crippen LogP contribution in [0.4, 0.5) is 0 Å². The van der Waals surface area contributed by atoms with Gasteiger partial charge in [0, 0.05) is 44.4 Å². The van der Waals surface area contributed by atoms with E-state index in [-0.39, 0.29) is 48.1 Å². The molecule has 0 spiro atoms. The molecule has 4 atom stereocenters. The number of benzene rings is 2. The first-order chi connectivity index (χ1) is 21.6. The summed E-state index contributed by atoms with van der Waals surface area (Å²) in [6, 6.07) is 13.0. The molecule has 0 radical (unpaired) electrons. The molecule has 6 rings (SSSR count). The van der Waals surface area contributed by atoms with Crippen LogP contribution in [0.5, 0.6) is 0 Å². The second kappa shape index (κ2) is 11.6. The lowest BCUT2D eigenvalue weighted by molar-refractivity contribution is -0.131. The molecule has 1 aromatic heterocycles. The maximum Gasteiger partial charge on any atom is 0.343 e. The predicted molar refractivity (Wildman–Crippen MR) is 166 cm³/mol. The number of hydrogen-bond acceptors (Lipinski definition) is 7. The molecule has 4 N–H and O–H groups in total. The summed E-state index contributed by atoms with van der Waals surface area (Å²) >= 11 is 0. The molecule has 12 heteroatoms. The van der Waals surface area contributed by atoms with Crippen molar-refractivity contribution in [1.82, 2.24) is 35.6 Å². The molecule has 12 nitrogen and oxygen atoms in total. The molecule has 1 aliphatic heterocycles. The van der Waals surface area contributed by atoms with Crippen molar-refractivity contribution >= 4 is 17.7 Å². The summed E-state index contributed by atoms with van der Waals surface area (Å²) in [6.45, 7) is 2.06. The Kier molecular flexibility index (Phi) is 7.82. The van der Waals surface area contributed by atoms with E-state index in [2.05, 4.69) is 27.0 Å². The van der Waals surface area contributed by atoms with Gasteiger partial charge in [-0.3, -0.25) is 19.4 Å². The van der Waals surface area contributed by atoms with Gasteiger partial charge in [-0.2, -0.15) is 10.4 Å². The number of likely N-dealkylation sites (tertiary alicyclic amines) is 1. The Labute approximate surface area is 261 Å². The largest absolute Gasteiger partial charge is 0.355 e. The number of carbonyl (C=O) groups excluding carboxylic acids is 3. The molecule has 0 unspecified atom stereocenters. The normalized spacial score (nSPS) is 21.4. The van der Waals surface area contributed by atoms with Crippen molar-refractivity contribution in [2.45, 2.75) is 62.6 Å². The molecule has 3 aromatic rings. The molecule has 234 valence electrons. The topological polar surface area (TPSA) is 165 Å². The SMILES string of the molecule is CNC(=O)c1ccc2c(c1)CCc1cc(C(=O)NC)ccc1C2(C[C@H](C)NCC(=O)N1[C@H](C#N)C[C@@H]2C[C@@H]21)c1nn(C)c(=O)[nH]1. The van der Waals surface area contributed by atoms with Crippen LogP contribution in [-0.2, 0) is 30.1 Å². The van der Waals surface area contributed by atoms with Crippen molar-refractivity contribution in [2.75, 3.05) is 20.6 Å². The molecule has 0 bridgehead atoms. The number of hydrogen-bond donors (Lipinski definition) is 4. The number of carbonyl (C=O) groups is 3. The minimum atomic E-state index is -0.996. The Hall–Kier alpha value is -4.76. The quantitative estimate of drug-likeness (QED) is 0.297. The Balaban J connectivity index is 1.45. The van der Waals surface area contributed by atoms with Gasteiger partial charge >= 0.3 is 5.69 Å². The first kappa shape index (κ1) is 30.3. The van der Waals surface area contributed by atoms with E-state index in [0.717, 1.165) is 35.1 Å². The highest BCUT2D eigenvalue weighted by molar-refractivity contribution is 5.95. The highest BCUT2D eigenvalue weighted by Crippen LogP contribution is 2.48. The van der Waals surface area contributed by atoms with Gasteiger partial charge in [0.2, 0.25) is 5.91 Å². The van der Waals surface area contributed by atoms with Crippen molar-refractivity contribution < 1.29 is 14.4 Å². The standard InChI is InChI=1S/C33H38N8O4/c1-18(37-17-28(42)41-24(16-34)13-23-14-27(23)41)15-33(31-38-32(45)40(4)39-31)25-9-7-21(29(43)35-2)11-19(25)5-6-20-12-22(30(44)36-3)8-10-26(20)33/h7-12,18,23-24,27,37H,5-6,13-15,17H2,1-4H3,(H,35,43)(H,36,44)(H,38,39,45)/t18-,23+,24-,27-/m0/s1. The van der Waals surface area contributed by atoms with E-state index in [9.17, 15) is 24.4 Å². The Morgan fingerprint density at radius 1 is 1.04 bits per heavy atom. The number of aromatic amines is 1. The van der Waals surface area contributed by atoms with Crippen molar-refractivity contribution in [2.24, 2.45) is 13.0 Å². The number of fused-ring (bicyclic) bond motifs is 3. The van der Waals surface area contributed by atoms with Gasteiger partial charge in [0.25, 0.3) is 11.8 Å². The molecular formula is C33H38N8O4. The van der Waals surface area contributed by atoms with Crippen LogP contribution >= 0.6 is 0 Å². The van der Waals surface area contributed by atoms with E-state index in [1.54, 1.807) is 38.2 Å². The van der Waals surface area contributed by atoms with E-state index >= 15 is 0 Å². The van der Waals surface area contributed by atoms with Crippen LogP contribution in [0.15, 0.2) is 41.2 Å². The van der Waals surface area contributed by atoms with Crippen LogP contribution in [0, 0.1) is 17.2 Å². The fourth-order valence-corrected chi connectivity index (χ4v) is 7.40. The first-order valence-electron chi connectivity index (χ1n) is 15.4. The van der Waals surface area contributed by atoms with Crippen LogP contribution < -0.4 is 21.6 Å². The van der Waals surface area contributed by atoms with Crippen molar-refractivity contribution in [1.29, 1.82) is 5.26 Å². The van der Waals surface area contributed by atoms with Gasteiger partial charge in [0.05, 0.1) is 18.0 Å². The summed E-state index contributed by atoms with van der Waals surface area (Å²) in [5, 5.41) is 23.1. The van der Waals surface area contributed by atoms with Gasteiger partial charge in [0.15, 0.2) is 0 Å². The lowest BCUT2D eigenvalue weighted by Gasteiger charge is -2.37. The third-order valence-corrected chi connectivity index (χ3v) is 9.70. The molecule has 2 fully saturated rings. The van der Waals surface area contributed by atoms with Crippen LogP contribution in [0.25, 0.3) is 0 Å². The molecule has 3 amide bonds. The minimum absolute atomic E-state index is 0.0717. The number of aromatic nitrogens is 3. The zero-order valence-corrected chi connectivity index (χ0v) is 25.9. The van der Waals surface area contributed by atoms with Gasteiger partial charge < -0.3 is 20.9 Å². The second-order valence-electron chi connectivity index (χ2n) is 12.4. The van der Waals surface area contributed by atoms with E-state index in [0.29, 0.717) is 42.1 Å². The monoisotopic (exact) mass is 610 g/mol. The number of nitrogens with zero attached hydrogens (tertiary/aromatic N) is 4. The maximum atomic E-state index is 13.3. The number of nitriles is 1. The number of H-pyrrole nitrogens is 1. The highest BCUT2D eigenvalue weighted by Gasteiger charge is 2.54. The molecule has 45 heavy (non-hydrogen) atoms. The summed E-state index contributed by atoms with van der Waals surface area (Å²) < 4.78 is 1.27. The van der Waals surface area contributed by atoms with Gasteiger partial charge in [0.1, 0.15) is 11.9 Å². The first-order valence-corrected chi connectivity index (χ1v) is 15.4. The number of piperidine rings is 1. The summed E-state index contributed by atoms with van der Waals surface area (Å²) in [7, 11) is 4.77. The van der Waals surface area contributed by atoms with Gasteiger partial charge in [-0.1, -0.05) is 12.1 Å². The molecule has 1 saturated heterocycles. The molecule has 2 aliphatic carbocycles. The third-order valence-electron chi connectivity index (χ3n) is 9.70. The second-order valence-corrected chi connectivity index (χ2v) is 12.4. The zero-order chi connectivity index (χ0) is 32.0. The zero-order valence-electron chi connectivity index (χ0n) is 25.9. The van der Waals surface area contributed by atoms with Crippen molar-refractivity contribution in [3.05, 3.63) is 86.1 Å².